The predicted molar refractivity (Wildman–Crippen MR) is 93.2 cm³/mol. The van der Waals surface area contributed by atoms with Gasteiger partial charge in [0.2, 0.25) is 0 Å². The van der Waals surface area contributed by atoms with E-state index in [-0.39, 0.29) is 11.7 Å². The van der Waals surface area contributed by atoms with Crippen molar-refractivity contribution in [1.82, 2.24) is 4.98 Å². The predicted octanol–water partition coefficient (Wildman–Crippen LogP) is 3.28. The first kappa shape index (κ1) is 17.0. The van der Waals surface area contributed by atoms with E-state index in [2.05, 4.69) is 10.3 Å². The smallest absolute Gasteiger partial charge is 0.310 e. The number of rotatable bonds is 4. The molecule has 1 heterocycles. The molecule has 2 aromatic rings. The zero-order valence-corrected chi connectivity index (χ0v) is 14.2. The number of fused-ring (bicyclic) bond motifs is 1. The molecule has 0 radical (unpaired) electrons. The highest BCUT2D eigenvalue weighted by atomic mass is 16.4. The summed E-state index contributed by atoms with van der Waals surface area (Å²) in [5, 5.41) is 11.8. The fourth-order valence-corrected chi connectivity index (χ4v) is 3.19. The highest BCUT2D eigenvalue weighted by Crippen LogP contribution is 2.27. The molecule has 0 aliphatic heterocycles. The molecular formula is C19H20N2O4. The third-order valence-electron chi connectivity index (χ3n) is 4.70. The molecule has 0 bridgehead atoms. The van der Waals surface area contributed by atoms with Gasteiger partial charge >= 0.3 is 5.97 Å². The topological polar surface area (TPSA) is 99.3 Å². The number of carbonyl (C=O) groups excluding carboxylic acids is 2. The zero-order chi connectivity index (χ0) is 18.1. The van der Waals surface area contributed by atoms with Crippen LogP contribution in [-0.2, 0) is 11.2 Å². The molecule has 1 aromatic carbocycles. The summed E-state index contributed by atoms with van der Waals surface area (Å²) in [6, 6.07) is 6.72. The van der Waals surface area contributed by atoms with Crippen LogP contribution in [0.2, 0.25) is 0 Å². The van der Waals surface area contributed by atoms with E-state index >= 15 is 0 Å². The van der Waals surface area contributed by atoms with Gasteiger partial charge in [-0.15, -0.1) is 0 Å². The molecule has 1 unspecified atom stereocenters. The Hall–Kier alpha value is -2.89. The number of hydrogen-bond acceptors (Lipinski definition) is 3. The molecule has 0 saturated carbocycles. The average molecular weight is 340 g/mol. The Morgan fingerprint density at radius 1 is 1.20 bits per heavy atom. The first-order valence-corrected chi connectivity index (χ1v) is 8.27. The molecule has 1 atom stereocenters. The number of ketones is 1. The fourth-order valence-electron chi connectivity index (χ4n) is 3.19. The van der Waals surface area contributed by atoms with E-state index in [1.807, 2.05) is 0 Å². The number of aryl methyl sites for hydroxylation is 1. The molecule has 1 aliphatic rings. The number of carbonyl (C=O) groups is 3. The lowest BCUT2D eigenvalue weighted by atomic mass is 9.94. The van der Waals surface area contributed by atoms with Gasteiger partial charge in [0.05, 0.1) is 5.92 Å². The number of Topliss-reactive ketones (excluding diaryl/α,β-unsaturated/α-hetero) is 1. The van der Waals surface area contributed by atoms with E-state index in [9.17, 15) is 14.4 Å². The number of carboxylic acids is 1. The summed E-state index contributed by atoms with van der Waals surface area (Å²) >= 11 is 0. The number of aromatic amines is 1. The van der Waals surface area contributed by atoms with E-state index in [0.717, 1.165) is 18.5 Å². The number of anilines is 1. The number of amides is 1. The Morgan fingerprint density at radius 2 is 1.88 bits per heavy atom. The van der Waals surface area contributed by atoms with Crippen molar-refractivity contribution in [2.45, 2.75) is 39.0 Å². The lowest BCUT2D eigenvalue weighted by Gasteiger charge is -2.09. The van der Waals surface area contributed by atoms with Gasteiger partial charge < -0.3 is 15.4 Å². The number of hydrogen-bond donors (Lipinski definition) is 3. The van der Waals surface area contributed by atoms with Crippen LogP contribution in [0.15, 0.2) is 24.3 Å². The zero-order valence-electron chi connectivity index (χ0n) is 14.2. The monoisotopic (exact) mass is 340 g/mol. The number of carboxylic acid groups (broad SMARTS) is 1. The van der Waals surface area contributed by atoms with Crippen molar-refractivity contribution in [3.63, 3.8) is 0 Å². The minimum Gasteiger partial charge on any atom is -0.481 e. The first-order valence-electron chi connectivity index (χ1n) is 8.27. The van der Waals surface area contributed by atoms with Crippen LogP contribution in [0.3, 0.4) is 0 Å². The quantitative estimate of drug-likeness (QED) is 0.795. The molecule has 3 N–H and O–H groups in total. The Kier molecular flexibility index (Phi) is 4.44. The standard InChI is InChI=1S/C19H20N2O4/c1-10(19(24)25)12-6-8-13(9-7-12)20-18(23)17-11(2)16-14(21-17)4-3-5-15(16)22/h6-10,21H,3-5H2,1-2H3,(H,20,23)(H,24,25). The normalized spacial score (nSPS) is 14.7. The Balaban J connectivity index is 1.79. The van der Waals surface area contributed by atoms with Gasteiger partial charge in [0.1, 0.15) is 5.69 Å². The number of aliphatic carboxylic acids is 1. The Morgan fingerprint density at radius 3 is 2.48 bits per heavy atom. The van der Waals surface area contributed by atoms with E-state index < -0.39 is 11.9 Å². The van der Waals surface area contributed by atoms with Crippen LogP contribution in [0.5, 0.6) is 0 Å². The number of nitrogens with one attached hydrogen (secondary N) is 2. The highest BCUT2D eigenvalue weighted by Gasteiger charge is 2.26. The van der Waals surface area contributed by atoms with Crippen LogP contribution in [0.4, 0.5) is 5.69 Å². The molecule has 130 valence electrons. The highest BCUT2D eigenvalue weighted by molar-refractivity contribution is 6.08. The van der Waals surface area contributed by atoms with Gasteiger partial charge in [0.25, 0.3) is 5.91 Å². The van der Waals surface area contributed by atoms with Crippen molar-refractivity contribution in [1.29, 1.82) is 0 Å². The molecule has 6 heteroatoms. The molecule has 0 saturated heterocycles. The van der Waals surface area contributed by atoms with Crippen molar-refractivity contribution < 1.29 is 19.5 Å². The molecule has 1 aromatic heterocycles. The molecule has 6 nitrogen and oxygen atoms in total. The van der Waals surface area contributed by atoms with Crippen LogP contribution in [-0.4, -0.2) is 27.8 Å². The fraction of sp³-hybridized carbons (Fsp3) is 0.316. The van der Waals surface area contributed by atoms with Gasteiger partial charge in [0.15, 0.2) is 5.78 Å². The van der Waals surface area contributed by atoms with Crippen LogP contribution in [0.25, 0.3) is 0 Å². The third-order valence-corrected chi connectivity index (χ3v) is 4.70. The van der Waals surface area contributed by atoms with Gasteiger partial charge in [0, 0.05) is 23.4 Å². The SMILES string of the molecule is Cc1c(C(=O)Nc2ccc(C(C)C(=O)O)cc2)[nH]c2c1C(=O)CCC2. The molecule has 1 amide bonds. The summed E-state index contributed by atoms with van der Waals surface area (Å²) in [6.07, 6.45) is 2.10. The molecule has 0 fully saturated rings. The molecule has 0 spiro atoms. The van der Waals surface area contributed by atoms with Crippen molar-refractivity contribution in [3.8, 4) is 0 Å². The number of H-pyrrole nitrogens is 1. The molecule has 1 aliphatic carbocycles. The van der Waals surface area contributed by atoms with Crippen LogP contribution >= 0.6 is 0 Å². The summed E-state index contributed by atoms with van der Waals surface area (Å²) in [5.41, 5.74) is 3.83. The summed E-state index contributed by atoms with van der Waals surface area (Å²) in [7, 11) is 0. The van der Waals surface area contributed by atoms with Crippen molar-refractivity contribution in [3.05, 3.63) is 52.3 Å². The summed E-state index contributed by atoms with van der Waals surface area (Å²) in [5.74, 6) is -1.72. The average Bonchev–Trinajstić information content (AvgIpc) is 2.93. The largest absolute Gasteiger partial charge is 0.481 e. The molecule has 25 heavy (non-hydrogen) atoms. The van der Waals surface area contributed by atoms with E-state index in [1.165, 1.54) is 0 Å². The maximum Gasteiger partial charge on any atom is 0.310 e. The van der Waals surface area contributed by atoms with Crippen molar-refractivity contribution >= 4 is 23.3 Å². The van der Waals surface area contributed by atoms with Gasteiger partial charge in [-0.25, -0.2) is 0 Å². The third kappa shape index (κ3) is 3.20. The van der Waals surface area contributed by atoms with Gasteiger partial charge in [-0.2, -0.15) is 0 Å². The van der Waals surface area contributed by atoms with Crippen LogP contribution in [0.1, 0.15) is 63.4 Å². The van der Waals surface area contributed by atoms with Crippen molar-refractivity contribution in [2.24, 2.45) is 0 Å². The maximum absolute atomic E-state index is 12.5. The number of aromatic nitrogens is 1. The van der Waals surface area contributed by atoms with E-state index in [1.54, 1.807) is 38.1 Å². The molecular weight excluding hydrogens is 320 g/mol. The van der Waals surface area contributed by atoms with E-state index in [0.29, 0.717) is 34.5 Å². The van der Waals surface area contributed by atoms with Crippen molar-refractivity contribution in [2.75, 3.05) is 5.32 Å². The summed E-state index contributed by atoms with van der Waals surface area (Å²) in [4.78, 5) is 38.7. The van der Waals surface area contributed by atoms with Crippen LogP contribution in [0, 0.1) is 6.92 Å². The summed E-state index contributed by atoms with van der Waals surface area (Å²) < 4.78 is 0. The van der Waals surface area contributed by atoms with Gasteiger partial charge in [-0.3, -0.25) is 14.4 Å². The first-order chi connectivity index (χ1) is 11.9. The second-order valence-electron chi connectivity index (χ2n) is 6.39. The van der Waals surface area contributed by atoms with Gasteiger partial charge in [-0.1, -0.05) is 12.1 Å². The van der Waals surface area contributed by atoms with Gasteiger partial charge in [-0.05, 0) is 49.9 Å². The van der Waals surface area contributed by atoms with E-state index in [4.69, 9.17) is 5.11 Å². The summed E-state index contributed by atoms with van der Waals surface area (Å²) in [6.45, 7) is 3.39. The maximum atomic E-state index is 12.5. The number of benzene rings is 1. The Labute approximate surface area is 145 Å². The second-order valence-corrected chi connectivity index (χ2v) is 6.39. The second kappa shape index (κ2) is 6.55. The lowest BCUT2D eigenvalue weighted by Crippen LogP contribution is -2.14. The minimum atomic E-state index is -0.894. The lowest BCUT2D eigenvalue weighted by molar-refractivity contribution is -0.138. The Bertz CT molecular complexity index is 849. The minimum absolute atomic E-state index is 0.0843. The van der Waals surface area contributed by atoms with Crippen LogP contribution < -0.4 is 5.32 Å². The molecule has 3 rings (SSSR count).